The molecule has 1 amide bonds. The van der Waals surface area contributed by atoms with Crippen LogP contribution in [0.5, 0.6) is 0 Å². The Morgan fingerprint density at radius 2 is 2.00 bits per heavy atom. The van der Waals surface area contributed by atoms with E-state index < -0.39 is 17.6 Å². The molecule has 112 valence electrons. The molecule has 20 heavy (non-hydrogen) atoms. The number of hydrogen-bond acceptors (Lipinski definition) is 2. The Morgan fingerprint density at radius 3 is 2.50 bits per heavy atom. The molecule has 1 aromatic rings. The van der Waals surface area contributed by atoms with E-state index in [1.54, 1.807) is 6.92 Å². The van der Waals surface area contributed by atoms with E-state index in [-0.39, 0.29) is 16.1 Å². The van der Waals surface area contributed by atoms with E-state index in [2.05, 4.69) is 21.2 Å². The summed E-state index contributed by atoms with van der Waals surface area (Å²) in [7, 11) is 3.70. The Labute approximate surface area is 124 Å². The Balaban J connectivity index is 2.89. The standard InChI is InChI=1S/C13H16BrF3N2O/c1-8(7-19(2)3)18-12(20)9-4-5-11(14)10(6-9)13(15,16)17/h4-6,8H,7H2,1-3H3,(H,18,20). The zero-order valence-electron chi connectivity index (χ0n) is 11.4. The molecular weight excluding hydrogens is 337 g/mol. The van der Waals surface area contributed by atoms with Crippen LogP contribution >= 0.6 is 15.9 Å². The molecule has 0 saturated carbocycles. The van der Waals surface area contributed by atoms with E-state index >= 15 is 0 Å². The predicted octanol–water partition coefficient (Wildman–Crippen LogP) is 3.15. The lowest BCUT2D eigenvalue weighted by atomic mass is 10.1. The maximum atomic E-state index is 12.8. The molecule has 0 heterocycles. The normalized spacial score (nSPS) is 13.4. The van der Waals surface area contributed by atoms with Gasteiger partial charge in [-0.3, -0.25) is 4.79 Å². The third kappa shape index (κ3) is 4.79. The first-order chi connectivity index (χ1) is 9.11. The second-order valence-electron chi connectivity index (χ2n) is 4.83. The van der Waals surface area contributed by atoms with Gasteiger partial charge in [-0.1, -0.05) is 15.9 Å². The molecule has 0 fully saturated rings. The molecular formula is C13H16BrF3N2O. The maximum absolute atomic E-state index is 12.8. The second-order valence-corrected chi connectivity index (χ2v) is 5.68. The van der Waals surface area contributed by atoms with Gasteiger partial charge in [0.15, 0.2) is 0 Å². The van der Waals surface area contributed by atoms with Gasteiger partial charge in [-0.05, 0) is 39.2 Å². The van der Waals surface area contributed by atoms with Crippen molar-refractivity contribution in [3.63, 3.8) is 0 Å². The Hall–Kier alpha value is -1.08. The van der Waals surface area contributed by atoms with Gasteiger partial charge in [-0.2, -0.15) is 13.2 Å². The number of carbonyl (C=O) groups excluding carboxylic acids is 1. The van der Waals surface area contributed by atoms with Crippen molar-refractivity contribution in [2.24, 2.45) is 0 Å². The number of amides is 1. The monoisotopic (exact) mass is 352 g/mol. The molecule has 0 aliphatic rings. The minimum absolute atomic E-state index is 0.00821. The number of rotatable bonds is 4. The van der Waals surface area contributed by atoms with E-state index in [0.717, 1.165) is 6.07 Å². The van der Waals surface area contributed by atoms with Crippen molar-refractivity contribution in [3.05, 3.63) is 33.8 Å². The van der Waals surface area contributed by atoms with E-state index in [9.17, 15) is 18.0 Å². The van der Waals surface area contributed by atoms with Crippen molar-refractivity contribution in [2.45, 2.75) is 19.1 Å². The fourth-order valence-corrected chi connectivity index (χ4v) is 2.26. The molecule has 1 unspecified atom stereocenters. The lowest BCUT2D eigenvalue weighted by Gasteiger charge is -2.18. The van der Waals surface area contributed by atoms with Crippen molar-refractivity contribution < 1.29 is 18.0 Å². The van der Waals surface area contributed by atoms with Gasteiger partial charge >= 0.3 is 6.18 Å². The summed E-state index contributed by atoms with van der Waals surface area (Å²) in [6.07, 6.45) is -4.50. The number of alkyl halides is 3. The number of hydrogen-bond donors (Lipinski definition) is 1. The van der Waals surface area contributed by atoms with E-state index in [4.69, 9.17) is 0 Å². The lowest BCUT2D eigenvalue weighted by Crippen LogP contribution is -2.39. The molecule has 0 aliphatic carbocycles. The predicted molar refractivity (Wildman–Crippen MR) is 74.6 cm³/mol. The van der Waals surface area contributed by atoms with Gasteiger partial charge in [0.1, 0.15) is 0 Å². The summed E-state index contributed by atoms with van der Waals surface area (Å²) in [5, 5.41) is 2.66. The fraction of sp³-hybridized carbons (Fsp3) is 0.462. The number of carbonyl (C=O) groups is 1. The summed E-state index contributed by atoms with van der Waals surface area (Å²) >= 11 is 2.84. The highest BCUT2D eigenvalue weighted by Crippen LogP contribution is 2.35. The molecule has 1 rings (SSSR count). The highest BCUT2D eigenvalue weighted by molar-refractivity contribution is 9.10. The van der Waals surface area contributed by atoms with E-state index in [0.29, 0.717) is 6.54 Å². The minimum Gasteiger partial charge on any atom is -0.348 e. The van der Waals surface area contributed by atoms with Gasteiger partial charge in [0.05, 0.1) is 5.56 Å². The topological polar surface area (TPSA) is 32.3 Å². The SMILES string of the molecule is CC(CN(C)C)NC(=O)c1ccc(Br)c(C(F)(F)F)c1. The first kappa shape index (κ1) is 17.0. The Kier molecular flexibility index (Phi) is 5.59. The first-order valence-electron chi connectivity index (χ1n) is 5.93. The van der Waals surface area contributed by atoms with E-state index in [1.807, 2.05) is 19.0 Å². The lowest BCUT2D eigenvalue weighted by molar-refractivity contribution is -0.138. The van der Waals surface area contributed by atoms with Crippen molar-refractivity contribution in [1.82, 2.24) is 10.2 Å². The summed E-state index contributed by atoms with van der Waals surface area (Å²) in [6.45, 7) is 2.40. The molecule has 1 N–H and O–H groups in total. The van der Waals surface area contributed by atoms with Gasteiger partial charge in [0.25, 0.3) is 5.91 Å². The zero-order valence-corrected chi connectivity index (χ0v) is 13.0. The Morgan fingerprint density at radius 1 is 1.40 bits per heavy atom. The van der Waals surface area contributed by atoms with Crippen molar-refractivity contribution >= 4 is 21.8 Å². The van der Waals surface area contributed by atoms with Gasteiger partial charge in [-0.15, -0.1) is 0 Å². The fourth-order valence-electron chi connectivity index (χ4n) is 1.78. The molecule has 0 aromatic heterocycles. The minimum atomic E-state index is -4.50. The van der Waals surface area contributed by atoms with Crippen molar-refractivity contribution in [1.29, 1.82) is 0 Å². The van der Waals surface area contributed by atoms with Crippen LogP contribution in [-0.2, 0) is 6.18 Å². The highest BCUT2D eigenvalue weighted by atomic mass is 79.9. The number of nitrogens with zero attached hydrogens (tertiary/aromatic N) is 1. The number of benzene rings is 1. The highest BCUT2D eigenvalue weighted by Gasteiger charge is 2.33. The second kappa shape index (κ2) is 6.58. The van der Waals surface area contributed by atoms with Crippen LogP contribution in [0.3, 0.4) is 0 Å². The van der Waals surface area contributed by atoms with Gasteiger partial charge in [0, 0.05) is 22.6 Å². The zero-order chi connectivity index (χ0) is 15.5. The summed E-state index contributed by atoms with van der Waals surface area (Å²) in [5.41, 5.74) is -0.864. The molecule has 1 aromatic carbocycles. The number of nitrogens with one attached hydrogen (secondary N) is 1. The van der Waals surface area contributed by atoms with Gasteiger partial charge in [0.2, 0.25) is 0 Å². The molecule has 0 aliphatic heterocycles. The van der Waals surface area contributed by atoms with Crippen molar-refractivity contribution in [2.75, 3.05) is 20.6 Å². The molecule has 0 spiro atoms. The maximum Gasteiger partial charge on any atom is 0.417 e. The van der Waals surface area contributed by atoms with Gasteiger partial charge < -0.3 is 10.2 Å². The summed E-state index contributed by atoms with van der Waals surface area (Å²) in [5.74, 6) is -0.516. The average molecular weight is 353 g/mol. The van der Waals surface area contributed by atoms with E-state index in [1.165, 1.54) is 12.1 Å². The van der Waals surface area contributed by atoms with Crippen LogP contribution in [0.15, 0.2) is 22.7 Å². The summed E-state index contributed by atoms with van der Waals surface area (Å²) < 4.78 is 38.2. The third-order valence-corrected chi connectivity index (χ3v) is 3.24. The van der Waals surface area contributed by atoms with Crippen LogP contribution < -0.4 is 5.32 Å². The number of likely N-dealkylation sites (N-methyl/N-ethyl adjacent to an activating group) is 1. The summed E-state index contributed by atoms with van der Waals surface area (Å²) in [6, 6.07) is 3.28. The summed E-state index contributed by atoms with van der Waals surface area (Å²) in [4.78, 5) is 13.8. The molecule has 0 radical (unpaired) electrons. The smallest absolute Gasteiger partial charge is 0.348 e. The van der Waals surface area contributed by atoms with Crippen LogP contribution in [0, 0.1) is 0 Å². The first-order valence-corrected chi connectivity index (χ1v) is 6.73. The van der Waals surface area contributed by atoms with Crippen LogP contribution in [-0.4, -0.2) is 37.5 Å². The quantitative estimate of drug-likeness (QED) is 0.902. The molecule has 1 atom stereocenters. The van der Waals surface area contributed by atoms with Crippen LogP contribution in [0.2, 0.25) is 0 Å². The average Bonchev–Trinajstić information content (AvgIpc) is 2.26. The molecule has 0 bridgehead atoms. The van der Waals surface area contributed by atoms with Crippen LogP contribution in [0.25, 0.3) is 0 Å². The van der Waals surface area contributed by atoms with Crippen LogP contribution in [0.1, 0.15) is 22.8 Å². The molecule has 3 nitrogen and oxygen atoms in total. The Bertz CT molecular complexity index is 489. The van der Waals surface area contributed by atoms with Crippen LogP contribution in [0.4, 0.5) is 13.2 Å². The van der Waals surface area contributed by atoms with Crippen molar-refractivity contribution in [3.8, 4) is 0 Å². The van der Waals surface area contributed by atoms with Gasteiger partial charge in [-0.25, -0.2) is 0 Å². The number of halogens is 4. The molecule has 7 heteroatoms. The largest absolute Gasteiger partial charge is 0.417 e. The third-order valence-electron chi connectivity index (χ3n) is 2.55. The molecule has 0 saturated heterocycles.